The molecule has 0 heterocycles. The second kappa shape index (κ2) is 22.8. The fourth-order valence-corrected chi connectivity index (χ4v) is 8.56. The molecule has 1 rings (SSSR count). The topological polar surface area (TPSA) is 12.4 Å². The largest absolute Gasteiger partial charge is 0.272 e. The number of rotatable bonds is 16. The van der Waals surface area contributed by atoms with Crippen LogP contribution in [0.4, 0.5) is 0 Å². The fourth-order valence-electron chi connectivity index (χ4n) is 4.58. The summed E-state index contributed by atoms with van der Waals surface area (Å²) in [4.78, 5) is 0. The van der Waals surface area contributed by atoms with E-state index in [0.29, 0.717) is 0 Å². The van der Waals surface area contributed by atoms with Gasteiger partial charge in [0.2, 0.25) is 0 Å². The van der Waals surface area contributed by atoms with Crippen molar-refractivity contribution in [1.29, 1.82) is 0 Å². The van der Waals surface area contributed by atoms with Crippen molar-refractivity contribution in [2.24, 2.45) is 22.5 Å². The molecule has 0 spiro atoms. The van der Waals surface area contributed by atoms with Crippen molar-refractivity contribution in [2.75, 3.05) is 18.5 Å². The Morgan fingerprint density at radius 1 is 0.778 bits per heavy atom. The Hall–Kier alpha value is -0.0957. The van der Waals surface area contributed by atoms with E-state index in [2.05, 4.69) is 99.6 Å². The first-order chi connectivity index (χ1) is 16.5. The molecule has 1 aliphatic rings. The van der Waals surface area contributed by atoms with E-state index in [0.717, 1.165) is 37.0 Å². The molecule has 0 unspecified atom stereocenters. The Morgan fingerprint density at radius 3 is 1.44 bits per heavy atom. The van der Waals surface area contributed by atoms with Gasteiger partial charge in [0.05, 0.1) is 0 Å². The summed E-state index contributed by atoms with van der Waals surface area (Å²) < 4.78 is 5.51. The molecular weight excluding hydrogens is 489 g/mol. The van der Waals surface area contributed by atoms with E-state index in [-0.39, 0.29) is 21.7 Å². The molecule has 208 valence electrons. The monoisotopic (exact) mass is 551 g/mol. The molecule has 0 fully saturated rings. The summed E-state index contributed by atoms with van der Waals surface area (Å²) in [7, 11) is -1.20. The van der Waals surface area contributed by atoms with Crippen LogP contribution in [0.25, 0.3) is 0 Å². The molecule has 0 aromatic rings. The molecule has 0 radical (unpaired) electrons. The van der Waals surface area contributed by atoms with Gasteiger partial charge in [-0.3, -0.25) is 4.74 Å². The van der Waals surface area contributed by atoms with E-state index in [9.17, 15) is 0 Å². The number of hydrogen-bond donors (Lipinski definition) is 0. The molecule has 1 nitrogen and oxygen atoms in total. The molecule has 0 aromatic heterocycles. The molecular formula is C33H62NPTi. The standard InChI is InChI=1S/C23H44NP.C10H18.Ti/c1-20(2)12-9-17-25(18-10-13-21(3)4,19-11-14-22(5)6)24-23-15-7-8-16-23;1-5-7-9(3)10(4)8-6-2;/h7-8,15,20-22H,9-14,16-19H2,1-6H3;7-8H,5-6H2,1-4H3;. The molecule has 3 heteroatoms. The van der Waals surface area contributed by atoms with Crippen LogP contribution in [0.2, 0.25) is 0 Å². The second-order valence-corrected chi connectivity index (χ2v) is 15.6. The van der Waals surface area contributed by atoms with Gasteiger partial charge < -0.3 is 0 Å². The Labute approximate surface area is 243 Å². The minimum absolute atomic E-state index is 0. The summed E-state index contributed by atoms with van der Waals surface area (Å²) in [6.07, 6.45) is 27.0. The van der Waals surface area contributed by atoms with Crippen LogP contribution in [0, 0.1) is 17.8 Å². The number of nitrogens with zero attached hydrogens (tertiary/aromatic N) is 1. The average molecular weight is 552 g/mol. The molecule has 0 N–H and O–H groups in total. The van der Waals surface area contributed by atoms with Crippen LogP contribution in [-0.2, 0) is 21.7 Å². The summed E-state index contributed by atoms with van der Waals surface area (Å²) in [5.41, 5.74) is 4.21. The smallest absolute Gasteiger partial charge is 0.0425 e. The predicted molar refractivity (Wildman–Crippen MR) is 166 cm³/mol. The van der Waals surface area contributed by atoms with Crippen molar-refractivity contribution in [3.05, 3.63) is 47.2 Å². The summed E-state index contributed by atoms with van der Waals surface area (Å²) in [6, 6.07) is 0. The van der Waals surface area contributed by atoms with Gasteiger partial charge in [-0.15, -0.1) is 0 Å². The summed E-state index contributed by atoms with van der Waals surface area (Å²) in [6.45, 7) is 22.8. The summed E-state index contributed by atoms with van der Waals surface area (Å²) in [5.74, 6) is 2.46. The molecule has 0 saturated heterocycles. The number of hydrogen-bond acceptors (Lipinski definition) is 1. The predicted octanol–water partition coefficient (Wildman–Crippen LogP) is 12.0. The minimum Gasteiger partial charge on any atom is -0.272 e. The third-order valence-corrected chi connectivity index (χ3v) is 10.9. The third-order valence-electron chi connectivity index (χ3n) is 6.80. The first kappa shape index (κ1) is 38.1. The van der Waals surface area contributed by atoms with Gasteiger partial charge in [-0.05, 0) is 95.3 Å². The van der Waals surface area contributed by atoms with E-state index in [1.807, 2.05) is 0 Å². The van der Waals surface area contributed by atoms with Crippen molar-refractivity contribution in [2.45, 2.75) is 127 Å². The van der Waals surface area contributed by atoms with Gasteiger partial charge >= 0.3 is 0 Å². The van der Waals surface area contributed by atoms with Gasteiger partial charge in [-0.2, -0.15) is 0 Å². The molecule has 0 aliphatic heterocycles. The molecule has 0 saturated carbocycles. The quantitative estimate of drug-likeness (QED) is 0.103. The normalized spacial score (nSPS) is 14.2. The van der Waals surface area contributed by atoms with Gasteiger partial charge in [-0.1, -0.05) is 110 Å². The van der Waals surface area contributed by atoms with Crippen LogP contribution in [0.3, 0.4) is 0 Å². The van der Waals surface area contributed by atoms with Crippen molar-refractivity contribution >= 4 is 7.05 Å². The maximum Gasteiger partial charge on any atom is 0.0425 e. The molecule has 1 aliphatic carbocycles. The van der Waals surface area contributed by atoms with Gasteiger partial charge in [0.15, 0.2) is 0 Å². The van der Waals surface area contributed by atoms with E-state index in [4.69, 9.17) is 4.74 Å². The van der Waals surface area contributed by atoms with E-state index in [1.54, 1.807) is 0 Å². The zero-order chi connectivity index (χ0) is 26.7. The van der Waals surface area contributed by atoms with Crippen LogP contribution >= 0.6 is 7.05 Å². The van der Waals surface area contributed by atoms with Crippen molar-refractivity contribution in [3.8, 4) is 0 Å². The second-order valence-electron chi connectivity index (χ2n) is 11.9. The minimum atomic E-state index is -1.20. The maximum atomic E-state index is 5.51. The van der Waals surface area contributed by atoms with E-state index in [1.165, 1.54) is 73.9 Å². The first-order valence-electron chi connectivity index (χ1n) is 14.8. The average Bonchev–Trinajstić information content (AvgIpc) is 3.26. The molecule has 0 atom stereocenters. The van der Waals surface area contributed by atoms with Crippen molar-refractivity contribution in [1.82, 2.24) is 0 Å². The van der Waals surface area contributed by atoms with Crippen molar-refractivity contribution < 1.29 is 21.7 Å². The fraction of sp³-hybridized carbons (Fsp3) is 0.758. The van der Waals surface area contributed by atoms with Crippen LogP contribution in [0.1, 0.15) is 127 Å². The van der Waals surface area contributed by atoms with E-state index >= 15 is 0 Å². The molecule has 0 amide bonds. The Bertz CT molecular complexity index is 661. The Balaban J connectivity index is 0. The Kier molecular flexibility index (Phi) is 24.2. The van der Waals surface area contributed by atoms with Gasteiger partial charge in [-0.25, -0.2) is 0 Å². The molecule has 0 bridgehead atoms. The first-order valence-corrected chi connectivity index (χ1v) is 17.1. The van der Waals surface area contributed by atoms with Crippen LogP contribution < -0.4 is 0 Å². The van der Waals surface area contributed by atoms with Gasteiger partial charge in [0, 0.05) is 33.8 Å². The van der Waals surface area contributed by atoms with Crippen LogP contribution in [0.5, 0.6) is 0 Å². The number of allylic oxidation sites excluding steroid dienone is 7. The SMILES string of the molecule is CC(C)CCCP(CCCC(C)C)(CCCC(C)C)=NC1=CC=CC1.CCC=C(C)C(C)=CCC.[Ti]. The summed E-state index contributed by atoms with van der Waals surface area (Å²) in [5, 5.41) is 0. The molecule has 0 aromatic carbocycles. The van der Waals surface area contributed by atoms with Gasteiger partial charge in [0.1, 0.15) is 0 Å². The van der Waals surface area contributed by atoms with Gasteiger partial charge in [0.25, 0.3) is 0 Å². The summed E-state index contributed by atoms with van der Waals surface area (Å²) >= 11 is 0. The van der Waals surface area contributed by atoms with Crippen molar-refractivity contribution in [3.63, 3.8) is 0 Å². The zero-order valence-electron chi connectivity index (χ0n) is 26.0. The van der Waals surface area contributed by atoms with E-state index < -0.39 is 7.05 Å². The Morgan fingerprint density at radius 2 is 1.17 bits per heavy atom. The van der Waals surface area contributed by atoms with Crippen LogP contribution in [-0.4, -0.2) is 18.5 Å². The molecule has 36 heavy (non-hydrogen) atoms. The third kappa shape index (κ3) is 19.9. The maximum absolute atomic E-state index is 5.51. The van der Waals surface area contributed by atoms with Crippen LogP contribution in [0.15, 0.2) is 52.0 Å². The zero-order valence-corrected chi connectivity index (χ0v) is 28.5.